The summed E-state index contributed by atoms with van der Waals surface area (Å²) in [6.45, 7) is 8.88. The SMILES string of the molecule is CC(C)NCc1cncn1CC1CCN(C)CC1. The lowest BCUT2D eigenvalue weighted by Crippen LogP contribution is -2.32. The Morgan fingerprint density at radius 1 is 1.39 bits per heavy atom. The van der Waals surface area contributed by atoms with Gasteiger partial charge >= 0.3 is 0 Å². The van der Waals surface area contributed by atoms with Gasteiger partial charge in [-0.1, -0.05) is 13.8 Å². The molecule has 1 saturated heterocycles. The van der Waals surface area contributed by atoms with E-state index in [-0.39, 0.29) is 0 Å². The molecule has 4 heteroatoms. The third-order valence-corrected chi connectivity index (χ3v) is 3.78. The summed E-state index contributed by atoms with van der Waals surface area (Å²) >= 11 is 0. The van der Waals surface area contributed by atoms with Crippen LogP contribution in [0.3, 0.4) is 0 Å². The summed E-state index contributed by atoms with van der Waals surface area (Å²) < 4.78 is 2.32. The number of hydrogen-bond acceptors (Lipinski definition) is 3. The van der Waals surface area contributed by atoms with Crippen LogP contribution >= 0.6 is 0 Å². The topological polar surface area (TPSA) is 33.1 Å². The van der Waals surface area contributed by atoms with Crippen molar-refractivity contribution >= 4 is 0 Å². The predicted molar refractivity (Wildman–Crippen MR) is 74.4 cm³/mol. The van der Waals surface area contributed by atoms with Crippen LogP contribution in [0.2, 0.25) is 0 Å². The van der Waals surface area contributed by atoms with Gasteiger partial charge in [0.05, 0.1) is 12.0 Å². The number of piperidine rings is 1. The maximum absolute atomic E-state index is 4.29. The van der Waals surface area contributed by atoms with Gasteiger partial charge in [-0.2, -0.15) is 0 Å². The van der Waals surface area contributed by atoms with E-state index in [9.17, 15) is 0 Å². The Morgan fingerprint density at radius 3 is 2.78 bits per heavy atom. The Morgan fingerprint density at radius 2 is 2.11 bits per heavy atom. The Hall–Kier alpha value is -0.870. The van der Waals surface area contributed by atoms with E-state index >= 15 is 0 Å². The van der Waals surface area contributed by atoms with Crippen molar-refractivity contribution in [3.8, 4) is 0 Å². The van der Waals surface area contributed by atoms with Crippen molar-refractivity contribution in [2.75, 3.05) is 20.1 Å². The first-order valence-corrected chi connectivity index (χ1v) is 7.06. The second kappa shape index (κ2) is 6.34. The molecule has 1 aliphatic heterocycles. The third kappa shape index (κ3) is 3.82. The normalized spacial score (nSPS) is 18.7. The Kier molecular flexibility index (Phi) is 4.78. The van der Waals surface area contributed by atoms with E-state index < -0.39 is 0 Å². The predicted octanol–water partition coefficient (Wildman–Crippen LogP) is 1.72. The molecule has 2 rings (SSSR count). The summed E-state index contributed by atoms with van der Waals surface area (Å²) in [5, 5.41) is 3.46. The number of likely N-dealkylation sites (tertiary alicyclic amines) is 1. The number of nitrogens with zero attached hydrogens (tertiary/aromatic N) is 3. The molecule has 0 amide bonds. The summed E-state index contributed by atoms with van der Waals surface area (Å²) in [5.41, 5.74) is 1.31. The van der Waals surface area contributed by atoms with Crippen molar-refractivity contribution in [3.63, 3.8) is 0 Å². The minimum Gasteiger partial charge on any atom is -0.333 e. The molecule has 1 fully saturated rings. The van der Waals surface area contributed by atoms with Crippen LogP contribution in [0.1, 0.15) is 32.4 Å². The van der Waals surface area contributed by atoms with E-state index in [1.165, 1.54) is 31.6 Å². The Labute approximate surface area is 110 Å². The maximum Gasteiger partial charge on any atom is 0.0948 e. The zero-order chi connectivity index (χ0) is 13.0. The molecule has 0 saturated carbocycles. The summed E-state index contributed by atoms with van der Waals surface area (Å²) in [6, 6.07) is 0.525. The third-order valence-electron chi connectivity index (χ3n) is 3.78. The molecule has 1 aliphatic rings. The first kappa shape index (κ1) is 13.6. The molecule has 0 radical (unpaired) electrons. The molecule has 0 atom stereocenters. The molecule has 1 aromatic heterocycles. The van der Waals surface area contributed by atoms with E-state index in [0.29, 0.717) is 6.04 Å². The molecule has 2 heterocycles. The standard InChI is InChI=1S/C14H26N4/c1-12(2)16-9-14-8-15-11-18(14)10-13-4-6-17(3)7-5-13/h8,11-13,16H,4-7,9-10H2,1-3H3. The van der Waals surface area contributed by atoms with E-state index in [1.807, 2.05) is 12.5 Å². The fraction of sp³-hybridized carbons (Fsp3) is 0.786. The molecule has 0 spiro atoms. The van der Waals surface area contributed by atoms with E-state index in [0.717, 1.165) is 19.0 Å². The molecule has 18 heavy (non-hydrogen) atoms. The van der Waals surface area contributed by atoms with Crippen molar-refractivity contribution in [2.24, 2.45) is 5.92 Å². The molecule has 1 aromatic rings. The number of imidazole rings is 1. The first-order valence-electron chi connectivity index (χ1n) is 7.06. The van der Waals surface area contributed by atoms with E-state index in [1.54, 1.807) is 0 Å². The van der Waals surface area contributed by atoms with E-state index in [2.05, 4.69) is 40.7 Å². The molecule has 4 nitrogen and oxygen atoms in total. The lowest BCUT2D eigenvalue weighted by Gasteiger charge is -2.29. The number of aromatic nitrogens is 2. The van der Waals surface area contributed by atoms with Gasteiger partial charge in [-0.25, -0.2) is 4.98 Å². The van der Waals surface area contributed by atoms with Crippen molar-refractivity contribution in [1.82, 2.24) is 19.8 Å². The van der Waals surface area contributed by atoms with Crippen molar-refractivity contribution in [1.29, 1.82) is 0 Å². The maximum atomic E-state index is 4.29. The molecule has 0 bridgehead atoms. The highest BCUT2D eigenvalue weighted by Gasteiger charge is 2.17. The van der Waals surface area contributed by atoms with Gasteiger partial charge in [0.2, 0.25) is 0 Å². The quantitative estimate of drug-likeness (QED) is 0.864. The minimum absolute atomic E-state index is 0.525. The van der Waals surface area contributed by atoms with Gasteiger partial charge in [0, 0.05) is 25.3 Å². The molecule has 1 N–H and O–H groups in total. The van der Waals surface area contributed by atoms with Gasteiger partial charge in [-0.15, -0.1) is 0 Å². The summed E-state index contributed by atoms with van der Waals surface area (Å²) in [4.78, 5) is 6.72. The molecule has 0 unspecified atom stereocenters. The average molecular weight is 250 g/mol. The van der Waals surface area contributed by atoms with Crippen LogP contribution in [0.5, 0.6) is 0 Å². The van der Waals surface area contributed by atoms with Crippen molar-refractivity contribution < 1.29 is 0 Å². The van der Waals surface area contributed by atoms with Crippen molar-refractivity contribution in [2.45, 2.75) is 45.8 Å². The van der Waals surface area contributed by atoms with Crippen LogP contribution in [0, 0.1) is 5.92 Å². The fourth-order valence-corrected chi connectivity index (χ4v) is 2.49. The van der Waals surface area contributed by atoms with Gasteiger partial charge in [0.25, 0.3) is 0 Å². The van der Waals surface area contributed by atoms with Gasteiger partial charge in [0.15, 0.2) is 0 Å². The summed E-state index contributed by atoms with van der Waals surface area (Å²) in [6.07, 6.45) is 6.59. The second-order valence-electron chi connectivity index (χ2n) is 5.82. The first-order chi connectivity index (χ1) is 8.65. The Balaban J connectivity index is 1.87. The molecule has 102 valence electrons. The zero-order valence-corrected chi connectivity index (χ0v) is 11.9. The zero-order valence-electron chi connectivity index (χ0n) is 11.9. The number of hydrogen-bond donors (Lipinski definition) is 1. The monoisotopic (exact) mass is 250 g/mol. The largest absolute Gasteiger partial charge is 0.333 e. The molecule has 0 aromatic carbocycles. The van der Waals surface area contributed by atoms with Crippen LogP contribution < -0.4 is 5.32 Å². The highest BCUT2D eigenvalue weighted by Crippen LogP contribution is 2.18. The van der Waals surface area contributed by atoms with Gasteiger partial charge in [-0.05, 0) is 38.9 Å². The van der Waals surface area contributed by atoms with Crippen LogP contribution in [0.4, 0.5) is 0 Å². The second-order valence-corrected chi connectivity index (χ2v) is 5.82. The van der Waals surface area contributed by atoms with Gasteiger partial charge in [-0.3, -0.25) is 0 Å². The lowest BCUT2D eigenvalue weighted by atomic mass is 9.97. The molecular formula is C14H26N4. The van der Waals surface area contributed by atoms with Crippen LogP contribution in [0.25, 0.3) is 0 Å². The fourth-order valence-electron chi connectivity index (χ4n) is 2.49. The number of rotatable bonds is 5. The van der Waals surface area contributed by atoms with Crippen LogP contribution in [-0.2, 0) is 13.1 Å². The molecular weight excluding hydrogens is 224 g/mol. The minimum atomic E-state index is 0.525. The average Bonchev–Trinajstić information content (AvgIpc) is 2.77. The Bertz CT molecular complexity index is 350. The van der Waals surface area contributed by atoms with Crippen LogP contribution in [-0.4, -0.2) is 40.6 Å². The van der Waals surface area contributed by atoms with Crippen molar-refractivity contribution in [3.05, 3.63) is 18.2 Å². The molecule has 0 aliphatic carbocycles. The van der Waals surface area contributed by atoms with Gasteiger partial charge in [0.1, 0.15) is 0 Å². The lowest BCUT2D eigenvalue weighted by molar-refractivity contribution is 0.204. The highest BCUT2D eigenvalue weighted by molar-refractivity contribution is 4.98. The van der Waals surface area contributed by atoms with Crippen LogP contribution in [0.15, 0.2) is 12.5 Å². The van der Waals surface area contributed by atoms with E-state index in [4.69, 9.17) is 0 Å². The highest BCUT2D eigenvalue weighted by atomic mass is 15.1. The smallest absolute Gasteiger partial charge is 0.0948 e. The van der Waals surface area contributed by atoms with Gasteiger partial charge < -0.3 is 14.8 Å². The number of nitrogens with one attached hydrogen (secondary N) is 1. The summed E-state index contributed by atoms with van der Waals surface area (Å²) in [5.74, 6) is 0.813. The summed E-state index contributed by atoms with van der Waals surface area (Å²) in [7, 11) is 2.21.